The van der Waals surface area contributed by atoms with Crippen LogP contribution in [0.1, 0.15) is 22.9 Å². The van der Waals surface area contributed by atoms with E-state index in [0.717, 1.165) is 17.7 Å². The number of hydrazine groups is 1. The van der Waals surface area contributed by atoms with E-state index in [1.54, 1.807) is 18.7 Å². The molecule has 0 aliphatic rings. The lowest BCUT2D eigenvalue weighted by Gasteiger charge is -2.14. The summed E-state index contributed by atoms with van der Waals surface area (Å²) in [5, 5.41) is 0. The Kier molecular flexibility index (Phi) is 3.34. The Hall–Kier alpha value is -1.65. The van der Waals surface area contributed by atoms with Gasteiger partial charge in [0.05, 0.1) is 12.3 Å². The Morgan fingerprint density at radius 1 is 1.38 bits per heavy atom. The van der Waals surface area contributed by atoms with Crippen LogP contribution in [0.15, 0.2) is 41.3 Å². The molecule has 0 amide bonds. The predicted molar refractivity (Wildman–Crippen MR) is 61.5 cm³/mol. The summed E-state index contributed by atoms with van der Waals surface area (Å²) in [7, 11) is 0. The van der Waals surface area contributed by atoms with Gasteiger partial charge in [-0.25, -0.2) is 5.43 Å². The molecule has 4 heteroatoms. The molecule has 2 heterocycles. The van der Waals surface area contributed by atoms with Gasteiger partial charge in [0.2, 0.25) is 0 Å². The van der Waals surface area contributed by atoms with Gasteiger partial charge in [-0.1, -0.05) is 0 Å². The molecule has 0 saturated heterocycles. The van der Waals surface area contributed by atoms with Crippen molar-refractivity contribution < 1.29 is 4.42 Å². The van der Waals surface area contributed by atoms with E-state index in [1.807, 2.05) is 25.1 Å². The lowest BCUT2D eigenvalue weighted by Crippen LogP contribution is -2.29. The molecule has 0 aliphatic heterocycles. The maximum Gasteiger partial charge on any atom is 0.125 e. The number of nitrogens with two attached hydrogens (primary N) is 1. The maximum atomic E-state index is 5.56. The van der Waals surface area contributed by atoms with E-state index in [0.29, 0.717) is 0 Å². The third-order valence-corrected chi connectivity index (χ3v) is 2.61. The van der Waals surface area contributed by atoms with Crippen LogP contribution >= 0.6 is 0 Å². The van der Waals surface area contributed by atoms with Crippen molar-refractivity contribution >= 4 is 0 Å². The smallest absolute Gasteiger partial charge is 0.125 e. The summed E-state index contributed by atoms with van der Waals surface area (Å²) in [6.07, 6.45) is 6.02. The van der Waals surface area contributed by atoms with Crippen molar-refractivity contribution in [2.24, 2.45) is 5.84 Å². The molecular weight excluding hydrogens is 202 g/mol. The molecule has 16 heavy (non-hydrogen) atoms. The molecule has 0 aromatic carbocycles. The van der Waals surface area contributed by atoms with Crippen molar-refractivity contribution in [3.63, 3.8) is 0 Å². The predicted octanol–water partition coefficient (Wildman–Crippen LogP) is 1.73. The van der Waals surface area contributed by atoms with E-state index < -0.39 is 0 Å². The van der Waals surface area contributed by atoms with Gasteiger partial charge >= 0.3 is 0 Å². The van der Waals surface area contributed by atoms with Crippen LogP contribution in [-0.4, -0.2) is 4.98 Å². The van der Waals surface area contributed by atoms with Crippen LogP contribution in [-0.2, 0) is 6.42 Å². The van der Waals surface area contributed by atoms with E-state index in [9.17, 15) is 0 Å². The van der Waals surface area contributed by atoms with E-state index in [2.05, 4.69) is 10.4 Å². The van der Waals surface area contributed by atoms with Gasteiger partial charge < -0.3 is 4.42 Å². The second-order valence-corrected chi connectivity index (χ2v) is 3.75. The van der Waals surface area contributed by atoms with Crippen LogP contribution in [0.4, 0.5) is 0 Å². The van der Waals surface area contributed by atoms with Crippen molar-refractivity contribution in [3.05, 3.63) is 53.7 Å². The normalized spacial score (nSPS) is 12.6. The van der Waals surface area contributed by atoms with Crippen molar-refractivity contribution in [3.8, 4) is 0 Å². The number of nitrogens with one attached hydrogen (secondary N) is 1. The summed E-state index contributed by atoms with van der Waals surface area (Å²) in [4.78, 5) is 3.98. The summed E-state index contributed by atoms with van der Waals surface area (Å²) in [5.41, 5.74) is 5.06. The summed E-state index contributed by atoms with van der Waals surface area (Å²) in [6, 6.07) is 5.88. The zero-order valence-electron chi connectivity index (χ0n) is 9.18. The Balaban J connectivity index is 2.16. The van der Waals surface area contributed by atoms with Crippen LogP contribution in [0.3, 0.4) is 0 Å². The zero-order chi connectivity index (χ0) is 11.4. The van der Waals surface area contributed by atoms with Gasteiger partial charge in [0.25, 0.3) is 0 Å². The van der Waals surface area contributed by atoms with Crippen LogP contribution < -0.4 is 11.3 Å². The number of aromatic nitrogens is 1. The Morgan fingerprint density at radius 2 is 2.12 bits per heavy atom. The first-order valence-corrected chi connectivity index (χ1v) is 5.20. The molecule has 1 atom stereocenters. The van der Waals surface area contributed by atoms with Crippen molar-refractivity contribution in [1.82, 2.24) is 10.4 Å². The monoisotopic (exact) mass is 217 g/mol. The van der Waals surface area contributed by atoms with E-state index in [-0.39, 0.29) is 6.04 Å². The molecule has 2 rings (SSSR count). The van der Waals surface area contributed by atoms with Crippen LogP contribution in [0.25, 0.3) is 0 Å². The number of nitrogens with zero attached hydrogens (tertiary/aromatic N) is 1. The van der Waals surface area contributed by atoms with Crippen molar-refractivity contribution in [2.45, 2.75) is 19.4 Å². The fraction of sp³-hybridized carbons (Fsp3) is 0.250. The Bertz CT molecular complexity index is 439. The minimum atomic E-state index is -0.00241. The highest BCUT2D eigenvalue weighted by molar-refractivity contribution is 5.21. The SMILES string of the molecule is Cc1ccoc1C(Cc1ccncc1)NN. The molecule has 0 saturated carbocycles. The van der Waals surface area contributed by atoms with Gasteiger partial charge in [-0.15, -0.1) is 0 Å². The fourth-order valence-electron chi connectivity index (χ4n) is 1.72. The molecular formula is C12H15N3O. The molecule has 3 N–H and O–H groups in total. The quantitative estimate of drug-likeness (QED) is 0.604. The van der Waals surface area contributed by atoms with Gasteiger partial charge in [0.15, 0.2) is 0 Å². The minimum Gasteiger partial charge on any atom is -0.467 e. The average molecular weight is 217 g/mol. The highest BCUT2D eigenvalue weighted by Crippen LogP contribution is 2.21. The summed E-state index contributed by atoms with van der Waals surface area (Å²) in [5.74, 6) is 6.44. The van der Waals surface area contributed by atoms with Gasteiger partial charge in [-0.05, 0) is 42.7 Å². The number of hydrogen-bond donors (Lipinski definition) is 2. The Morgan fingerprint density at radius 3 is 2.69 bits per heavy atom. The fourth-order valence-corrected chi connectivity index (χ4v) is 1.72. The maximum absolute atomic E-state index is 5.56. The number of hydrogen-bond acceptors (Lipinski definition) is 4. The first-order valence-electron chi connectivity index (χ1n) is 5.20. The van der Waals surface area contributed by atoms with Gasteiger partial charge in [0, 0.05) is 12.4 Å². The van der Waals surface area contributed by atoms with Crippen molar-refractivity contribution in [1.29, 1.82) is 0 Å². The van der Waals surface area contributed by atoms with Crippen molar-refractivity contribution in [2.75, 3.05) is 0 Å². The van der Waals surface area contributed by atoms with Gasteiger partial charge in [-0.3, -0.25) is 10.8 Å². The molecule has 2 aromatic rings. The molecule has 0 aliphatic carbocycles. The van der Waals surface area contributed by atoms with Crippen LogP contribution in [0.5, 0.6) is 0 Å². The first-order chi connectivity index (χ1) is 7.81. The number of aryl methyl sites for hydroxylation is 1. The van der Waals surface area contributed by atoms with E-state index in [4.69, 9.17) is 10.3 Å². The standard InChI is InChI=1S/C12H15N3O/c1-9-4-7-16-12(9)11(15-13)8-10-2-5-14-6-3-10/h2-7,11,15H,8,13H2,1H3. The molecule has 1 unspecified atom stereocenters. The van der Waals surface area contributed by atoms with Crippen LogP contribution in [0.2, 0.25) is 0 Å². The molecule has 0 bridgehead atoms. The third-order valence-electron chi connectivity index (χ3n) is 2.61. The summed E-state index contributed by atoms with van der Waals surface area (Å²) in [6.45, 7) is 2.01. The molecule has 2 aromatic heterocycles. The lowest BCUT2D eigenvalue weighted by molar-refractivity contribution is 0.413. The average Bonchev–Trinajstić information content (AvgIpc) is 2.74. The van der Waals surface area contributed by atoms with Gasteiger partial charge in [0.1, 0.15) is 5.76 Å². The first kappa shape index (κ1) is 10.9. The summed E-state index contributed by atoms with van der Waals surface area (Å²) < 4.78 is 5.43. The highest BCUT2D eigenvalue weighted by Gasteiger charge is 2.15. The largest absolute Gasteiger partial charge is 0.467 e. The second-order valence-electron chi connectivity index (χ2n) is 3.75. The van der Waals surface area contributed by atoms with Crippen LogP contribution in [0, 0.1) is 6.92 Å². The number of pyridine rings is 1. The topological polar surface area (TPSA) is 64.1 Å². The molecule has 0 fully saturated rings. The van der Waals surface area contributed by atoms with E-state index in [1.165, 1.54) is 5.56 Å². The van der Waals surface area contributed by atoms with E-state index >= 15 is 0 Å². The Labute approximate surface area is 94.5 Å². The molecule has 84 valence electrons. The number of rotatable bonds is 4. The summed E-state index contributed by atoms with van der Waals surface area (Å²) >= 11 is 0. The molecule has 0 spiro atoms. The minimum absolute atomic E-state index is 0.00241. The number of furan rings is 1. The lowest BCUT2D eigenvalue weighted by atomic mass is 10.0. The molecule has 4 nitrogen and oxygen atoms in total. The second kappa shape index (κ2) is 4.92. The zero-order valence-corrected chi connectivity index (χ0v) is 9.18. The third kappa shape index (κ3) is 2.29. The highest BCUT2D eigenvalue weighted by atomic mass is 16.3. The van der Waals surface area contributed by atoms with Gasteiger partial charge in [-0.2, -0.15) is 0 Å². The molecule has 0 radical (unpaired) electrons.